The van der Waals surface area contributed by atoms with E-state index in [4.69, 9.17) is 18.5 Å². The molecule has 0 fully saturated rings. The quantitative estimate of drug-likeness (QED) is 0.0228. The maximum Gasteiger partial charge on any atom is 0.472 e. The van der Waals surface area contributed by atoms with Crippen LogP contribution < -0.4 is 0 Å². The van der Waals surface area contributed by atoms with Gasteiger partial charge in [-0.15, -0.1) is 0 Å². The van der Waals surface area contributed by atoms with Crippen LogP contribution in [0.4, 0.5) is 0 Å². The van der Waals surface area contributed by atoms with E-state index in [9.17, 15) is 19.0 Å². The Hall–Kier alpha value is -2.55. The summed E-state index contributed by atoms with van der Waals surface area (Å²) in [7, 11) is 1.44. The minimum atomic E-state index is -4.37. The molecule has 0 aliphatic heterocycles. The molecule has 0 heterocycles. The van der Waals surface area contributed by atoms with Gasteiger partial charge in [-0.2, -0.15) is 0 Å². The molecule has 0 radical (unpaired) electrons. The molecule has 10 heteroatoms. The van der Waals surface area contributed by atoms with E-state index in [1.807, 2.05) is 21.1 Å². The van der Waals surface area contributed by atoms with Gasteiger partial charge >= 0.3 is 19.8 Å². The molecule has 0 bridgehead atoms. The van der Waals surface area contributed by atoms with Crippen molar-refractivity contribution in [2.45, 2.75) is 136 Å². The number of rotatable bonds is 34. The van der Waals surface area contributed by atoms with Crippen molar-refractivity contribution in [2.24, 2.45) is 0 Å². The Kier molecular flexibility index (Phi) is 32.6. The molecule has 0 aliphatic carbocycles. The van der Waals surface area contributed by atoms with Crippen LogP contribution in [0.2, 0.25) is 0 Å². The van der Waals surface area contributed by atoms with Crippen LogP contribution >= 0.6 is 7.82 Å². The molecule has 2 unspecified atom stereocenters. The summed E-state index contributed by atoms with van der Waals surface area (Å²) >= 11 is 0. The van der Waals surface area contributed by atoms with Gasteiger partial charge in [0.25, 0.3) is 0 Å². The number of ether oxygens (including phenoxy) is 2. The lowest BCUT2D eigenvalue weighted by Crippen LogP contribution is -2.37. The minimum absolute atomic E-state index is 0.0227. The number of carbonyl (C=O) groups is 2. The fraction of sp³-hybridized carbons (Fsp3) is 0.667. The predicted molar refractivity (Wildman–Crippen MR) is 215 cm³/mol. The molecular formula is C42H73NO8P+. The van der Waals surface area contributed by atoms with Crippen molar-refractivity contribution in [3.8, 4) is 0 Å². The van der Waals surface area contributed by atoms with E-state index in [0.717, 1.165) is 96.3 Å². The number of hydrogen-bond donors (Lipinski definition) is 1. The average Bonchev–Trinajstić information content (AvgIpc) is 3.09. The number of nitrogens with zero attached hydrogens (tertiary/aromatic N) is 1. The summed E-state index contributed by atoms with van der Waals surface area (Å²) in [4.78, 5) is 34.9. The number of allylic oxidation sites excluding steroid dienone is 12. The van der Waals surface area contributed by atoms with Gasteiger partial charge in [0.1, 0.15) is 19.8 Å². The van der Waals surface area contributed by atoms with Crippen molar-refractivity contribution in [1.29, 1.82) is 0 Å². The second kappa shape index (κ2) is 34.2. The predicted octanol–water partition coefficient (Wildman–Crippen LogP) is 10.7. The number of likely N-dealkylation sites (N-methyl/N-ethyl adjacent to an activating group) is 1. The zero-order valence-corrected chi connectivity index (χ0v) is 34.2. The van der Waals surface area contributed by atoms with Crippen molar-refractivity contribution >= 4 is 19.8 Å². The zero-order chi connectivity index (χ0) is 38.6. The van der Waals surface area contributed by atoms with E-state index in [0.29, 0.717) is 17.4 Å². The van der Waals surface area contributed by atoms with Gasteiger partial charge in [-0.25, -0.2) is 4.57 Å². The second-order valence-electron chi connectivity index (χ2n) is 13.9. The Bertz CT molecular complexity index is 1120. The van der Waals surface area contributed by atoms with E-state index < -0.39 is 32.5 Å². The fourth-order valence-electron chi connectivity index (χ4n) is 4.66. The van der Waals surface area contributed by atoms with Crippen molar-refractivity contribution in [2.75, 3.05) is 47.5 Å². The first-order chi connectivity index (χ1) is 25.0. The molecule has 0 aromatic heterocycles. The van der Waals surface area contributed by atoms with Crippen LogP contribution in [0.5, 0.6) is 0 Å². The highest BCUT2D eigenvalue weighted by molar-refractivity contribution is 7.47. The normalized spacial score (nSPS) is 14.5. The van der Waals surface area contributed by atoms with Crippen molar-refractivity contribution < 1.29 is 42.1 Å². The maximum atomic E-state index is 12.6. The van der Waals surface area contributed by atoms with Gasteiger partial charge in [-0.05, 0) is 64.2 Å². The third-order valence-corrected chi connectivity index (χ3v) is 8.74. The minimum Gasteiger partial charge on any atom is -0.462 e. The summed E-state index contributed by atoms with van der Waals surface area (Å²) in [6.45, 7) is 4.14. The van der Waals surface area contributed by atoms with Crippen LogP contribution in [-0.2, 0) is 32.7 Å². The first kappa shape index (κ1) is 49.5. The fourth-order valence-corrected chi connectivity index (χ4v) is 5.40. The highest BCUT2D eigenvalue weighted by Crippen LogP contribution is 2.43. The maximum absolute atomic E-state index is 12.6. The number of phosphoric ester groups is 1. The van der Waals surface area contributed by atoms with Gasteiger partial charge in [0.15, 0.2) is 6.10 Å². The third-order valence-electron chi connectivity index (χ3n) is 7.75. The topological polar surface area (TPSA) is 108 Å². The molecule has 298 valence electrons. The standard InChI is InChI=1S/C42H72NO8P/c1-6-8-10-12-13-14-15-16-17-18-19-20-21-22-23-24-25-26-27-28-29-31-33-35-42(45)51-40(38-48-41(44)34-32-30-11-9-7-2)39-50-52(46,47)49-37-36-43(3,4)5/h8,10,13-14,16-17,19-20,22-23,25-26,40H,6-7,9,11-12,15,18,21,24,27-39H2,1-5H3/p+1/b10-8-,14-13-,17-16-,20-19-,23-22-,26-25-. The summed E-state index contributed by atoms with van der Waals surface area (Å²) in [6.07, 6.45) is 41.4. The van der Waals surface area contributed by atoms with Gasteiger partial charge in [-0.3, -0.25) is 18.6 Å². The van der Waals surface area contributed by atoms with Crippen LogP contribution in [0.15, 0.2) is 72.9 Å². The zero-order valence-electron chi connectivity index (χ0n) is 33.3. The van der Waals surface area contributed by atoms with E-state index in [-0.39, 0.29) is 26.1 Å². The van der Waals surface area contributed by atoms with Gasteiger partial charge in [0.2, 0.25) is 0 Å². The first-order valence-electron chi connectivity index (χ1n) is 19.7. The van der Waals surface area contributed by atoms with E-state index in [2.05, 4.69) is 86.8 Å². The Labute approximate surface area is 317 Å². The molecule has 0 amide bonds. The van der Waals surface area contributed by atoms with Gasteiger partial charge in [0.05, 0.1) is 27.7 Å². The SMILES string of the molecule is CC/C=C\C/C=C\C/C=C\C/C=C\C/C=C\C/C=C\CCCCCCC(=O)OC(COC(=O)CCCCCCC)COP(=O)(O)OCC[N+](C)(C)C. The molecule has 0 spiro atoms. The molecule has 0 saturated heterocycles. The number of phosphoric acid groups is 1. The van der Waals surface area contributed by atoms with Crippen molar-refractivity contribution in [3.05, 3.63) is 72.9 Å². The molecule has 0 rings (SSSR count). The Morgan fingerprint density at radius 2 is 1.10 bits per heavy atom. The molecule has 0 aromatic rings. The van der Waals surface area contributed by atoms with Gasteiger partial charge < -0.3 is 18.9 Å². The summed E-state index contributed by atoms with van der Waals surface area (Å²) in [5.74, 6) is -0.851. The smallest absolute Gasteiger partial charge is 0.462 e. The largest absolute Gasteiger partial charge is 0.472 e. The highest BCUT2D eigenvalue weighted by Gasteiger charge is 2.27. The number of hydrogen-bond acceptors (Lipinski definition) is 7. The van der Waals surface area contributed by atoms with E-state index in [1.54, 1.807) is 0 Å². The Morgan fingerprint density at radius 3 is 1.62 bits per heavy atom. The molecule has 2 atom stereocenters. The summed E-state index contributed by atoms with van der Waals surface area (Å²) in [5.41, 5.74) is 0. The summed E-state index contributed by atoms with van der Waals surface area (Å²) < 4.78 is 33.9. The average molecular weight is 751 g/mol. The number of unbranched alkanes of at least 4 members (excludes halogenated alkanes) is 8. The number of esters is 2. The molecular weight excluding hydrogens is 677 g/mol. The van der Waals surface area contributed by atoms with Gasteiger partial charge in [-0.1, -0.05) is 125 Å². The summed E-state index contributed by atoms with van der Waals surface area (Å²) in [6, 6.07) is 0. The molecule has 0 aromatic carbocycles. The number of quaternary nitrogens is 1. The lowest BCUT2D eigenvalue weighted by molar-refractivity contribution is -0.870. The van der Waals surface area contributed by atoms with Crippen molar-refractivity contribution in [3.63, 3.8) is 0 Å². The van der Waals surface area contributed by atoms with E-state index >= 15 is 0 Å². The Balaban J connectivity index is 4.31. The van der Waals surface area contributed by atoms with Gasteiger partial charge in [0, 0.05) is 12.8 Å². The van der Waals surface area contributed by atoms with Crippen LogP contribution in [0.3, 0.4) is 0 Å². The third kappa shape index (κ3) is 37.2. The van der Waals surface area contributed by atoms with Crippen LogP contribution in [0.25, 0.3) is 0 Å². The van der Waals surface area contributed by atoms with Crippen LogP contribution in [0.1, 0.15) is 129 Å². The first-order valence-corrected chi connectivity index (χ1v) is 21.2. The Morgan fingerprint density at radius 1 is 0.615 bits per heavy atom. The molecule has 0 saturated carbocycles. The van der Waals surface area contributed by atoms with Crippen molar-refractivity contribution in [1.82, 2.24) is 0 Å². The molecule has 1 N–H and O–H groups in total. The van der Waals surface area contributed by atoms with Crippen LogP contribution in [-0.4, -0.2) is 74.9 Å². The molecule has 9 nitrogen and oxygen atoms in total. The van der Waals surface area contributed by atoms with E-state index in [1.165, 1.54) is 0 Å². The summed E-state index contributed by atoms with van der Waals surface area (Å²) in [5, 5.41) is 0. The monoisotopic (exact) mass is 751 g/mol. The lowest BCUT2D eigenvalue weighted by atomic mass is 10.1. The lowest BCUT2D eigenvalue weighted by Gasteiger charge is -2.24. The number of carbonyl (C=O) groups excluding carboxylic acids is 2. The highest BCUT2D eigenvalue weighted by atomic mass is 31.2. The molecule has 0 aliphatic rings. The van der Waals surface area contributed by atoms with Crippen LogP contribution in [0, 0.1) is 0 Å². The second-order valence-corrected chi connectivity index (χ2v) is 15.4. The molecule has 52 heavy (non-hydrogen) atoms.